The van der Waals surface area contributed by atoms with Crippen LogP contribution in [0.4, 0.5) is 8.78 Å². The quantitative estimate of drug-likeness (QED) is 0.847. The molecule has 1 N–H and O–H groups in total. The molecule has 0 bridgehead atoms. The highest BCUT2D eigenvalue weighted by molar-refractivity contribution is 5.82. The number of amides is 1. The van der Waals surface area contributed by atoms with Crippen LogP contribution in [0.15, 0.2) is 18.2 Å². The average Bonchev–Trinajstić information content (AvgIpc) is 3.02. The van der Waals surface area contributed by atoms with Crippen LogP contribution in [-0.4, -0.2) is 62.7 Å². The number of benzene rings is 1. The number of morpholine rings is 1. The molecule has 1 amide bonds. The normalized spacial score (nSPS) is 20.7. The zero-order chi connectivity index (χ0) is 16.9. The van der Waals surface area contributed by atoms with Gasteiger partial charge in [-0.3, -0.25) is 9.69 Å². The Labute approximate surface area is 139 Å². The Kier molecular flexibility index (Phi) is 5.63. The number of halogens is 2. The van der Waals surface area contributed by atoms with Gasteiger partial charge in [0.15, 0.2) is 0 Å². The predicted molar refractivity (Wildman–Crippen MR) is 84.5 cm³/mol. The van der Waals surface area contributed by atoms with E-state index in [2.05, 4.69) is 11.4 Å². The minimum absolute atomic E-state index is 0.161. The molecule has 0 saturated carbocycles. The fourth-order valence-corrected chi connectivity index (χ4v) is 3.12. The Morgan fingerprint density at radius 1 is 1.38 bits per heavy atom. The highest BCUT2D eigenvalue weighted by Crippen LogP contribution is 2.25. The average molecular weight is 340 g/mol. The molecule has 1 atom stereocenters. The zero-order valence-corrected chi connectivity index (χ0v) is 13.5. The predicted octanol–water partition coefficient (Wildman–Crippen LogP) is 1.25. The summed E-state index contributed by atoms with van der Waals surface area (Å²) < 4.78 is 36.0. The Balaban J connectivity index is 1.49. The summed E-state index contributed by atoms with van der Waals surface area (Å²) in [6.07, 6.45) is -0.842. The minimum Gasteiger partial charge on any atom is -0.493 e. The zero-order valence-electron chi connectivity index (χ0n) is 13.5. The molecule has 1 saturated heterocycles. The highest BCUT2D eigenvalue weighted by atomic mass is 19.3. The summed E-state index contributed by atoms with van der Waals surface area (Å²) in [5.74, 6) is 0.685. The van der Waals surface area contributed by atoms with Crippen LogP contribution < -0.4 is 10.1 Å². The van der Waals surface area contributed by atoms with E-state index in [1.165, 1.54) is 10.5 Å². The number of ether oxygens (including phenoxy) is 2. The van der Waals surface area contributed by atoms with E-state index in [0.29, 0.717) is 26.1 Å². The van der Waals surface area contributed by atoms with Crippen molar-refractivity contribution in [2.75, 3.05) is 39.5 Å². The van der Waals surface area contributed by atoms with Gasteiger partial charge >= 0.3 is 0 Å². The Bertz CT molecular complexity index is 583. The van der Waals surface area contributed by atoms with Gasteiger partial charge in [0.25, 0.3) is 6.43 Å². The Morgan fingerprint density at radius 3 is 3.08 bits per heavy atom. The molecule has 5 nitrogen and oxygen atoms in total. The lowest BCUT2D eigenvalue weighted by Crippen LogP contribution is -2.55. The van der Waals surface area contributed by atoms with E-state index < -0.39 is 19.0 Å². The maximum absolute atomic E-state index is 12.6. The highest BCUT2D eigenvalue weighted by Gasteiger charge is 2.30. The van der Waals surface area contributed by atoms with Crippen molar-refractivity contribution >= 4 is 5.91 Å². The molecule has 0 spiro atoms. The van der Waals surface area contributed by atoms with Gasteiger partial charge in [-0.15, -0.1) is 0 Å². The second-order valence-electron chi connectivity index (χ2n) is 6.06. The first-order valence-electron chi connectivity index (χ1n) is 8.26. The smallest absolute Gasteiger partial charge is 0.251 e. The molecule has 2 aliphatic heterocycles. The van der Waals surface area contributed by atoms with Crippen LogP contribution in [0.5, 0.6) is 5.75 Å². The number of hydrogen-bond donors (Lipinski definition) is 1. The number of fused-ring (bicyclic) bond motifs is 1. The number of nitrogens with one attached hydrogen (secondary N) is 1. The summed E-state index contributed by atoms with van der Waals surface area (Å²) in [6.45, 7) is 1.69. The lowest BCUT2D eigenvalue weighted by molar-refractivity contribution is -0.133. The molecule has 1 fully saturated rings. The molecule has 24 heavy (non-hydrogen) atoms. The molecule has 0 radical (unpaired) electrons. The first kappa shape index (κ1) is 17.1. The molecule has 132 valence electrons. The van der Waals surface area contributed by atoms with Gasteiger partial charge in [-0.05, 0) is 23.6 Å². The van der Waals surface area contributed by atoms with Gasteiger partial charge in [-0.25, -0.2) is 8.78 Å². The monoisotopic (exact) mass is 340 g/mol. The van der Waals surface area contributed by atoms with Crippen molar-refractivity contribution in [3.8, 4) is 5.75 Å². The second-order valence-corrected chi connectivity index (χ2v) is 6.06. The van der Waals surface area contributed by atoms with Crippen molar-refractivity contribution in [3.05, 3.63) is 29.3 Å². The fourth-order valence-electron chi connectivity index (χ4n) is 3.12. The third-order valence-electron chi connectivity index (χ3n) is 4.38. The summed E-state index contributed by atoms with van der Waals surface area (Å²) in [7, 11) is 0. The lowest BCUT2D eigenvalue weighted by atomic mass is 10.1. The fraction of sp³-hybridized carbons (Fsp3) is 0.588. The van der Waals surface area contributed by atoms with Crippen LogP contribution in [0, 0.1) is 0 Å². The lowest BCUT2D eigenvalue weighted by Gasteiger charge is -2.34. The van der Waals surface area contributed by atoms with Crippen molar-refractivity contribution in [2.45, 2.75) is 25.3 Å². The molecular weight excluding hydrogens is 318 g/mol. The molecule has 7 heteroatoms. The molecule has 1 aromatic carbocycles. The van der Waals surface area contributed by atoms with Crippen LogP contribution in [0.25, 0.3) is 0 Å². The Hall–Kier alpha value is -1.73. The van der Waals surface area contributed by atoms with Gasteiger partial charge in [0.05, 0.1) is 26.4 Å². The van der Waals surface area contributed by atoms with E-state index in [9.17, 15) is 13.6 Å². The third-order valence-corrected chi connectivity index (χ3v) is 4.38. The number of nitrogens with zero attached hydrogens (tertiary/aromatic N) is 1. The van der Waals surface area contributed by atoms with E-state index in [-0.39, 0.29) is 12.5 Å². The largest absolute Gasteiger partial charge is 0.493 e. The summed E-state index contributed by atoms with van der Waals surface area (Å²) in [5, 5.41) is 2.84. The van der Waals surface area contributed by atoms with Crippen molar-refractivity contribution in [3.63, 3.8) is 0 Å². The van der Waals surface area contributed by atoms with Gasteiger partial charge in [-0.1, -0.05) is 12.1 Å². The molecule has 3 rings (SSSR count). The summed E-state index contributed by atoms with van der Waals surface area (Å²) >= 11 is 0. The SMILES string of the molecule is O=C(NCCc1ccc2c(c1)CCO2)[C@@H]1COCCN1CC(F)F. The molecule has 2 aliphatic rings. The first-order valence-corrected chi connectivity index (χ1v) is 8.26. The second kappa shape index (κ2) is 7.90. The summed E-state index contributed by atoms with van der Waals surface area (Å²) in [4.78, 5) is 13.8. The van der Waals surface area contributed by atoms with Gasteiger partial charge in [0.1, 0.15) is 11.8 Å². The molecule has 0 aliphatic carbocycles. The number of carbonyl (C=O) groups excluding carboxylic acids is 1. The van der Waals surface area contributed by atoms with E-state index in [1.54, 1.807) is 0 Å². The van der Waals surface area contributed by atoms with Gasteiger partial charge in [0, 0.05) is 19.5 Å². The summed E-state index contributed by atoms with van der Waals surface area (Å²) in [6, 6.07) is 5.41. The number of carbonyl (C=O) groups is 1. The van der Waals surface area contributed by atoms with E-state index in [0.717, 1.165) is 24.3 Å². The number of alkyl halides is 2. The maximum atomic E-state index is 12.6. The topological polar surface area (TPSA) is 50.8 Å². The van der Waals surface area contributed by atoms with Crippen molar-refractivity contribution in [1.82, 2.24) is 10.2 Å². The van der Waals surface area contributed by atoms with Gasteiger partial charge < -0.3 is 14.8 Å². The Morgan fingerprint density at radius 2 is 2.25 bits per heavy atom. The summed E-state index contributed by atoms with van der Waals surface area (Å²) in [5.41, 5.74) is 2.33. The maximum Gasteiger partial charge on any atom is 0.251 e. The molecule has 2 heterocycles. The molecular formula is C17H22F2N2O3. The van der Waals surface area contributed by atoms with Crippen molar-refractivity contribution in [2.24, 2.45) is 0 Å². The van der Waals surface area contributed by atoms with Gasteiger partial charge in [0.2, 0.25) is 5.91 Å². The number of rotatable bonds is 6. The van der Waals surface area contributed by atoms with E-state index >= 15 is 0 Å². The van der Waals surface area contributed by atoms with Crippen LogP contribution in [0.1, 0.15) is 11.1 Å². The molecule has 1 aromatic rings. The van der Waals surface area contributed by atoms with E-state index in [4.69, 9.17) is 9.47 Å². The van der Waals surface area contributed by atoms with Crippen molar-refractivity contribution < 1.29 is 23.0 Å². The first-order chi connectivity index (χ1) is 11.6. The minimum atomic E-state index is -2.45. The van der Waals surface area contributed by atoms with Crippen LogP contribution in [0.2, 0.25) is 0 Å². The van der Waals surface area contributed by atoms with Gasteiger partial charge in [-0.2, -0.15) is 0 Å². The van der Waals surface area contributed by atoms with Crippen molar-refractivity contribution in [1.29, 1.82) is 0 Å². The third kappa shape index (κ3) is 4.21. The molecule has 0 aromatic heterocycles. The van der Waals surface area contributed by atoms with Crippen LogP contribution >= 0.6 is 0 Å². The standard InChI is InChI=1S/C17H22F2N2O3/c18-16(19)10-21-6-8-23-11-14(21)17(22)20-5-3-12-1-2-15-13(9-12)4-7-24-15/h1-2,9,14,16H,3-8,10-11H2,(H,20,22)/t14-/m0/s1. The van der Waals surface area contributed by atoms with Crippen LogP contribution in [0.3, 0.4) is 0 Å². The number of hydrogen-bond acceptors (Lipinski definition) is 4. The molecule has 0 unspecified atom stereocenters. The van der Waals surface area contributed by atoms with Crippen LogP contribution in [-0.2, 0) is 22.4 Å². The van der Waals surface area contributed by atoms with E-state index in [1.807, 2.05) is 12.1 Å².